The Morgan fingerprint density at radius 1 is 0.875 bits per heavy atom. The summed E-state index contributed by atoms with van der Waals surface area (Å²) in [5.41, 5.74) is 1.32. The van der Waals surface area contributed by atoms with Gasteiger partial charge >= 0.3 is 0 Å². The van der Waals surface area contributed by atoms with Crippen molar-refractivity contribution >= 4 is 11.6 Å². The predicted molar refractivity (Wildman–Crippen MR) is 133 cm³/mol. The van der Waals surface area contributed by atoms with E-state index in [0.717, 1.165) is 12.0 Å². The van der Waals surface area contributed by atoms with E-state index in [4.69, 9.17) is 26.3 Å². The van der Waals surface area contributed by atoms with Gasteiger partial charge in [-0.25, -0.2) is 0 Å². The fourth-order valence-electron chi connectivity index (χ4n) is 3.78. The maximum Gasteiger partial charge on any atom is 0.104 e. The van der Waals surface area contributed by atoms with Crippen LogP contribution >= 0.6 is 11.6 Å². The lowest BCUT2D eigenvalue weighted by Gasteiger charge is -2.16. The minimum Gasteiger partial charge on any atom is -0.394 e. The highest BCUT2D eigenvalue weighted by Gasteiger charge is 2.09. The summed E-state index contributed by atoms with van der Waals surface area (Å²) < 4.78 is 11.4. The highest BCUT2D eigenvalue weighted by molar-refractivity contribution is 6.30. The maximum absolute atomic E-state index is 9.50. The summed E-state index contributed by atoms with van der Waals surface area (Å²) in [6, 6.07) is 7.22. The van der Waals surface area contributed by atoms with Crippen LogP contribution in [0, 0.1) is 11.3 Å². The molecule has 1 N–H and O–H groups in total. The van der Waals surface area contributed by atoms with Crippen LogP contribution in [-0.4, -0.2) is 31.0 Å². The van der Waals surface area contributed by atoms with Crippen molar-refractivity contribution < 1.29 is 14.6 Å². The van der Waals surface area contributed by atoms with Crippen molar-refractivity contribution in [2.75, 3.05) is 19.8 Å². The van der Waals surface area contributed by atoms with Crippen molar-refractivity contribution in [1.82, 2.24) is 0 Å². The third-order valence-corrected chi connectivity index (χ3v) is 5.94. The second-order valence-electron chi connectivity index (χ2n) is 8.75. The molecule has 0 radical (unpaired) electrons. The number of hydrogen-bond donors (Lipinski definition) is 1. The lowest BCUT2D eigenvalue weighted by atomic mass is 10.0. The minimum atomic E-state index is -0.369. The number of nitriles is 1. The number of nitrogens with zero attached hydrogens (tertiary/aromatic N) is 1. The predicted octanol–water partition coefficient (Wildman–Crippen LogP) is 7.59. The number of halogens is 1. The summed E-state index contributed by atoms with van der Waals surface area (Å²) in [5.74, 6) is 0. The number of aliphatic hydroxyl groups excluding tert-OH is 1. The zero-order valence-corrected chi connectivity index (χ0v) is 20.9. The summed E-state index contributed by atoms with van der Waals surface area (Å²) in [4.78, 5) is 0. The molecule has 182 valence electrons. The number of hydrogen-bond acceptors (Lipinski definition) is 4. The molecule has 1 atom stereocenters. The van der Waals surface area contributed by atoms with Crippen LogP contribution in [0.3, 0.4) is 0 Å². The number of ether oxygens (including phenoxy) is 2. The third kappa shape index (κ3) is 15.6. The molecule has 5 heteroatoms. The summed E-state index contributed by atoms with van der Waals surface area (Å²) >= 11 is 6.01. The van der Waals surface area contributed by atoms with Crippen LogP contribution in [0.25, 0.3) is 0 Å². The number of aliphatic hydroxyl groups is 1. The van der Waals surface area contributed by atoms with Crippen molar-refractivity contribution in [3.8, 4) is 6.07 Å². The van der Waals surface area contributed by atoms with Gasteiger partial charge in [-0.05, 0) is 30.2 Å². The van der Waals surface area contributed by atoms with Crippen LogP contribution < -0.4 is 0 Å². The van der Waals surface area contributed by atoms with Gasteiger partial charge in [-0.15, -0.1) is 0 Å². The van der Waals surface area contributed by atoms with Gasteiger partial charge in [0.25, 0.3) is 0 Å². The Morgan fingerprint density at radius 3 is 1.97 bits per heavy atom. The van der Waals surface area contributed by atoms with Gasteiger partial charge in [-0.1, -0.05) is 102 Å². The summed E-state index contributed by atoms with van der Waals surface area (Å²) in [6.45, 7) is 3.55. The first kappa shape index (κ1) is 28.9. The molecule has 1 rings (SSSR count). The Labute approximate surface area is 201 Å². The molecule has 32 heavy (non-hydrogen) atoms. The Hall–Kier alpha value is -1.12. The molecule has 0 aliphatic carbocycles. The van der Waals surface area contributed by atoms with Gasteiger partial charge in [0.05, 0.1) is 31.5 Å². The van der Waals surface area contributed by atoms with Crippen LogP contribution in [0.2, 0.25) is 5.02 Å². The molecule has 0 aliphatic heterocycles. The lowest BCUT2D eigenvalue weighted by Crippen LogP contribution is -2.24. The maximum atomic E-state index is 9.50. The fraction of sp³-hybridized carbons (Fsp3) is 0.741. The molecule has 0 amide bonds. The van der Waals surface area contributed by atoms with Gasteiger partial charge in [-0.2, -0.15) is 5.26 Å². The monoisotopic (exact) mass is 465 g/mol. The van der Waals surface area contributed by atoms with Gasteiger partial charge in [0, 0.05) is 11.6 Å². The summed E-state index contributed by atoms with van der Waals surface area (Å²) in [7, 11) is 0. The molecule has 0 bridgehead atoms. The van der Waals surface area contributed by atoms with Gasteiger partial charge < -0.3 is 14.6 Å². The molecular weight excluding hydrogens is 422 g/mol. The van der Waals surface area contributed by atoms with E-state index in [9.17, 15) is 5.11 Å². The largest absolute Gasteiger partial charge is 0.394 e. The van der Waals surface area contributed by atoms with Gasteiger partial charge in [0.2, 0.25) is 0 Å². The fourth-order valence-corrected chi connectivity index (χ4v) is 4.04. The first-order valence-corrected chi connectivity index (χ1v) is 13.1. The SMILES string of the molecule is CCCCCCCCCCCCCCCCOC[C@@H](CO)OCc1cc(Cl)cc(C#N)c1. The molecule has 4 nitrogen and oxygen atoms in total. The summed E-state index contributed by atoms with van der Waals surface area (Å²) in [6.07, 6.45) is 18.4. The average Bonchev–Trinajstić information content (AvgIpc) is 2.80. The van der Waals surface area contributed by atoms with Crippen molar-refractivity contribution in [3.05, 3.63) is 34.3 Å². The van der Waals surface area contributed by atoms with E-state index in [1.165, 1.54) is 83.5 Å². The standard InChI is InChI=1S/C27H44ClNO3/c1-2-3-4-5-6-7-8-9-10-11-12-13-14-15-16-31-23-27(21-30)32-22-25-17-24(20-29)18-26(28)19-25/h17-19,27,30H,2-16,21-23H2,1H3/t27-/m1/s1. The second kappa shape index (κ2) is 20.5. The minimum absolute atomic E-state index is 0.0928. The van der Waals surface area contributed by atoms with Crippen LogP contribution in [0.5, 0.6) is 0 Å². The van der Waals surface area contributed by atoms with Gasteiger partial charge in [-0.3, -0.25) is 0 Å². The third-order valence-electron chi connectivity index (χ3n) is 5.72. The molecular formula is C27H44ClNO3. The van der Waals surface area contributed by atoms with Crippen LogP contribution in [0.1, 0.15) is 108 Å². The molecule has 0 aromatic heterocycles. The van der Waals surface area contributed by atoms with Crippen LogP contribution in [0.4, 0.5) is 0 Å². The number of rotatable bonds is 21. The van der Waals surface area contributed by atoms with Crippen LogP contribution in [0.15, 0.2) is 18.2 Å². The van der Waals surface area contributed by atoms with Crippen molar-refractivity contribution in [2.24, 2.45) is 0 Å². The van der Waals surface area contributed by atoms with E-state index in [1.807, 2.05) is 0 Å². The van der Waals surface area contributed by atoms with Crippen molar-refractivity contribution in [2.45, 2.75) is 110 Å². The lowest BCUT2D eigenvalue weighted by molar-refractivity contribution is -0.0502. The Morgan fingerprint density at radius 2 is 1.44 bits per heavy atom. The molecule has 0 aliphatic rings. The van der Waals surface area contributed by atoms with Gasteiger partial charge in [0.1, 0.15) is 6.10 Å². The Balaban J connectivity index is 1.93. The Bertz CT molecular complexity index is 617. The second-order valence-corrected chi connectivity index (χ2v) is 9.18. The van der Waals surface area contributed by atoms with Crippen molar-refractivity contribution in [3.63, 3.8) is 0 Å². The molecule has 1 aromatic carbocycles. The normalized spacial score (nSPS) is 12.1. The highest BCUT2D eigenvalue weighted by Crippen LogP contribution is 2.16. The van der Waals surface area contributed by atoms with E-state index < -0.39 is 0 Å². The number of benzene rings is 1. The van der Waals surface area contributed by atoms with E-state index in [-0.39, 0.29) is 12.7 Å². The van der Waals surface area contributed by atoms with Crippen molar-refractivity contribution in [1.29, 1.82) is 5.26 Å². The summed E-state index contributed by atoms with van der Waals surface area (Å²) in [5, 5.41) is 19.0. The quantitative estimate of drug-likeness (QED) is 0.190. The molecule has 0 heterocycles. The van der Waals surface area contributed by atoms with E-state index >= 15 is 0 Å². The van der Waals surface area contributed by atoms with E-state index in [1.54, 1.807) is 18.2 Å². The molecule has 1 aromatic rings. The first-order valence-electron chi connectivity index (χ1n) is 12.7. The smallest absolute Gasteiger partial charge is 0.104 e. The van der Waals surface area contributed by atoms with Gasteiger partial charge in [0.15, 0.2) is 0 Å². The molecule has 0 spiro atoms. The highest BCUT2D eigenvalue weighted by atomic mass is 35.5. The van der Waals surface area contributed by atoms with Crippen LogP contribution in [-0.2, 0) is 16.1 Å². The molecule has 0 unspecified atom stereocenters. The number of unbranched alkanes of at least 4 members (excludes halogenated alkanes) is 13. The average molecular weight is 466 g/mol. The zero-order valence-electron chi connectivity index (χ0n) is 20.1. The molecule has 0 saturated heterocycles. The molecule has 0 saturated carbocycles. The zero-order chi connectivity index (χ0) is 23.3. The Kier molecular flexibility index (Phi) is 18.5. The van der Waals surface area contributed by atoms with E-state index in [2.05, 4.69) is 13.0 Å². The molecule has 0 fully saturated rings. The van der Waals surface area contributed by atoms with E-state index in [0.29, 0.717) is 30.4 Å². The first-order chi connectivity index (χ1) is 15.7. The topological polar surface area (TPSA) is 62.5 Å².